The number of rotatable bonds is 5. The predicted octanol–water partition coefficient (Wildman–Crippen LogP) is 3.63. The molecule has 108 valence electrons. The summed E-state index contributed by atoms with van der Waals surface area (Å²) in [4.78, 5) is 22.7. The first-order valence-electron chi connectivity index (χ1n) is 6.28. The smallest absolute Gasteiger partial charge is 0.269 e. The van der Waals surface area contributed by atoms with E-state index >= 15 is 0 Å². The van der Waals surface area contributed by atoms with Gasteiger partial charge in [0.05, 0.1) is 10.7 Å². The Morgan fingerprint density at radius 1 is 1.24 bits per heavy atom. The predicted molar refractivity (Wildman–Crippen MR) is 83.6 cm³/mol. The molecule has 0 fully saturated rings. The Hall–Kier alpha value is -2.34. The fourth-order valence-electron chi connectivity index (χ4n) is 1.73. The molecule has 0 aliphatic heterocycles. The highest BCUT2D eigenvalue weighted by Crippen LogP contribution is 2.21. The summed E-state index contributed by atoms with van der Waals surface area (Å²) in [5.41, 5.74) is 1.89. The molecule has 0 aliphatic carbocycles. The molecule has 6 heteroatoms. The van der Waals surface area contributed by atoms with E-state index in [1.807, 2.05) is 31.2 Å². The third-order valence-corrected chi connectivity index (χ3v) is 3.73. The van der Waals surface area contributed by atoms with Crippen molar-refractivity contribution in [3.05, 3.63) is 64.2 Å². The minimum atomic E-state index is -0.446. The van der Waals surface area contributed by atoms with Crippen LogP contribution in [0.25, 0.3) is 0 Å². The van der Waals surface area contributed by atoms with Crippen LogP contribution < -0.4 is 5.32 Å². The zero-order valence-corrected chi connectivity index (χ0v) is 12.2. The normalized spacial score (nSPS) is 10.1. The minimum Gasteiger partial charge on any atom is -0.325 e. The number of nitro groups is 1. The van der Waals surface area contributed by atoms with Crippen LogP contribution in [0, 0.1) is 17.0 Å². The summed E-state index contributed by atoms with van der Waals surface area (Å²) in [6, 6.07) is 13.7. The van der Waals surface area contributed by atoms with Crippen LogP contribution in [-0.2, 0) is 4.79 Å². The molecule has 21 heavy (non-hydrogen) atoms. The summed E-state index contributed by atoms with van der Waals surface area (Å²) < 4.78 is 0. The van der Waals surface area contributed by atoms with Gasteiger partial charge in [0.25, 0.3) is 5.69 Å². The van der Waals surface area contributed by atoms with Crippen LogP contribution in [0.2, 0.25) is 0 Å². The first-order valence-corrected chi connectivity index (χ1v) is 7.27. The summed E-state index contributed by atoms with van der Waals surface area (Å²) in [5, 5.41) is 13.4. The molecule has 0 aromatic heterocycles. The maximum absolute atomic E-state index is 11.8. The van der Waals surface area contributed by atoms with Gasteiger partial charge in [0.2, 0.25) is 5.91 Å². The van der Waals surface area contributed by atoms with Gasteiger partial charge in [0.15, 0.2) is 0 Å². The number of anilines is 1. The van der Waals surface area contributed by atoms with Crippen LogP contribution in [0.15, 0.2) is 53.4 Å². The minimum absolute atomic E-state index is 0.0450. The molecular weight excluding hydrogens is 288 g/mol. The van der Waals surface area contributed by atoms with Crippen LogP contribution in [0.1, 0.15) is 5.56 Å². The number of nitrogens with one attached hydrogen (secondary N) is 1. The van der Waals surface area contributed by atoms with Gasteiger partial charge in [-0.15, -0.1) is 11.8 Å². The zero-order chi connectivity index (χ0) is 15.2. The van der Waals surface area contributed by atoms with Crippen LogP contribution in [0.3, 0.4) is 0 Å². The maximum atomic E-state index is 11.8. The third-order valence-electron chi connectivity index (χ3n) is 2.72. The Balaban J connectivity index is 1.87. The van der Waals surface area contributed by atoms with Crippen molar-refractivity contribution in [2.45, 2.75) is 11.8 Å². The van der Waals surface area contributed by atoms with E-state index in [9.17, 15) is 14.9 Å². The molecular formula is C15H14N2O3S. The van der Waals surface area contributed by atoms with Gasteiger partial charge in [-0.05, 0) is 36.8 Å². The molecule has 1 N–H and O–H groups in total. The highest BCUT2D eigenvalue weighted by atomic mass is 32.2. The molecule has 5 nitrogen and oxygen atoms in total. The zero-order valence-electron chi connectivity index (χ0n) is 11.4. The number of benzene rings is 2. The molecule has 0 spiro atoms. The topological polar surface area (TPSA) is 72.2 Å². The lowest BCUT2D eigenvalue weighted by Gasteiger charge is -2.06. The van der Waals surface area contributed by atoms with Crippen molar-refractivity contribution in [3.8, 4) is 0 Å². The van der Waals surface area contributed by atoms with Crippen LogP contribution in [0.5, 0.6) is 0 Å². The molecule has 2 aromatic carbocycles. The molecule has 1 amide bonds. The Labute approximate surface area is 126 Å². The highest BCUT2D eigenvalue weighted by Gasteiger charge is 2.07. The van der Waals surface area contributed by atoms with Crippen LogP contribution in [0.4, 0.5) is 11.4 Å². The lowest BCUT2D eigenvalue weighted by atomic mass is 10.2. The molecule has 0 radical (unpaired) electrons. The quantitative estimate of drug-likeness (QED) is 0.520. The van der Waals surface area contributed by atoms with E-state index in [4.69, 9.17) is 0 Å². The maximum Gasteiger partial charge on any atom is 0.269 e. The fraction of sp³-hybridized carbons (Fsp3) is 0.133. The van der Waals surface area contributed by atoms with Gasteiger partial charge in [-0.25, -0.2) is 0 Å². The van der Waals surface area contributed by atoms with Crippen molar-refractivity contribution in [1.82, 2.24) is 0 Å². The Morgan fingerprint density at radius 3 is 2.57 bits per heavy atom. The van der Waals surface area contributed by atoms with E-state index in [0.717, 1.165) is 16.1 Å². The van der Waals surface area contributed by atoms with Gasteiger partial charge in [-0.1, -0.05) is 12.1 Å². The Kier molecular flexibility index (Phi) is 4.94. The second kappa shape index (κ2) is 6.90. The summed E-state index contributed by atoms with van der Waals surface area (Å²) in [6.45, 7) is 1.96. The van der Waals surface area contributed by atoms with E-state index in [1.54, 1.807) is 12.1 Å². The number of aryl methyl sites for hydroxylation is 1. The number of nitro benzene ring substituents is 1. The largest absolute Gasteiger partial charge is 0.325 e. The van der Waals surface area contributed by atoms with Crippen molar-refractivity contribution >= 4 is 29.0 Å². The summed E-state index contributed by atoms with van der Waals surface area (Å²) in [7, 11) is 0. The second-order valence-electron chi connectivity index (χ2n) is 4.46. The molecule has 0 heterocycles. The van der Waals surface area contributed by atoms with Crippen molar-refractivity contribution in [1.29, 1.82) is 0 Å². The molecule has 0 atom stereocenters. The van der Waals surface area contributed by atoms with Crippen molar-refractivity contribution < 1.29 is 9.72 Å². The average molecular weight is 302 g/mol. The lowest BCUT2D eigenvalue weighted by Crippen LogP contribution is -2.13. The van der Waals surface area contributed by atoms with Gasteiger partial charge in [0, 0.05) is 22.7 Å². The summed E-state index contributed by atoms with van der Waals surface area (Å²) in [5.74, 6) is 0.148. The van der Waals surface area contributed by atoms with Gasteiger partial charge in [-0.3, -0.25) is 14.9 Å². The number of hydrogen-bond acceptors (Lipinski definition) is 4. The number of carbonyl (C=O) groups is 1. The Morgan fingerprint density at radius 2 is 1.95 bits per heavy atom. The molecule has 2 aromatic rings. The van der Waals surface area contributed by atoms with Crippen LogP contribution >= 0.6 is 11.8 Å². The second-order valence-corrected chi connectivity index (χ2v) is 5.51. The Bertz CT molecular complexity index is 656. The standard InChI is InChI=1S/C15H14N2O3S/c1-11-3-2-4-12(9-11)16-15(18)10-21-14-7-5-13(6-8-14)17(19)20/h2-9H,10H2,1H3,(H,16,18). The molecule has 0 aliphatic rings. The summed E-state index contributed by atoms with van der Waals surface area (Å²) in [6.07, 6.45) is 0. The first kappa shape index (κ1) is 15.1. The monoisotopic (exact) mass is 302 g/mol. The van der Waals surface area contributed by atoms with Crippen LogP contribution in [-0.4, -0.2) is 16.6 Å². The van der Waals surface area contributed by atoms with Gasteiger partial charge < -0.3 is 5.32 Å². The molecule has 0 saturated carbocycles. The SMILES string of the molecule is Cc1cccc(NC(=O)CSc2ccc([N+](=O)[O-])cc2)c1. The van der Waals surface area contributed by atoms with Gasteiger partial charge in [-0.2, -0.15) is 0 Å². The number of nitrogens with zero attached hydrogens (tertiary/aromatic N) is 1. The first-order chi connectivity index (χ1) is 10.0. The van der Waals surface area contributed by atoms with Gasteiger partial charge in [0.1, 0.15) is 0 Å². The van der Waals surface area contributed by atoms with Crippen molar-refractivity contribution in [2.75, 3.05) is 11.1 Å². The molecule has 2 rings (SSSR count). The van der Waals surface area contributed by atoms with E-state index in [1.165, 1.54) is 23.9 Å². The van der Waals surface area contributed by atoms with E-state index in [0.29, 0.717) is 0 Å². The van der Waals surface area contributed by atoms with Crippen molar-refractivity contribution in [3.63, 3.8) is 0 Å². The molecule has 0 saturated heterocycles. The average Bonchev–Trinajstić information content (AvgIpc) is 2.45. The fourth-order valence-corrected chi connectivity index (χ4v) is 2.43. The molecule has 0 unspecified atom stereocenters. The number of hydrogen-bond donors (Lipinski definition) is 1. The molecule has 0 bridgehead atoms. The number of thioether (sulfide) groups is 1. The van der Waals surface area contributed by atoms with E-state index in [-0.39, 0.29) is 17.3 Å². The highest BCUT2D eigenvalue weighted by molar-refractivity contribution is 8.00. The third kappa shape index (κ3) is 4.61. The summed E-state index contributed by atoms with van der Waals surface area (Å²) >= 11 is 1.34. The number of carbonyl (C=O) groups excluding carboxylic acids is 1. The lowest BCUT2D eigenvalue weighted by molar-refractivity contribution is -0.384. The van der Waals surface area contributed by atoms with E-state index < -0.39 is 4.92 Å². The van der Waals surface area contributed by atoms with E-state index in [2.05, 4.69) is 5.32 Å². The van der Waals surface area contributed by atoms with Gasteiger partial charge >= 0.3 is 0 Å². The number of non-ortho nitro benzene ring substituents is 1. The van der Waals surface area contributed by atoms with Crippen molar-refractivity contribution in [2.24, 2.45) is 0 Å². The number of amides is 1.